The van der Waals surface area contributed by atoms with Crippen LogP contribution in [0.3, 0.4) is 0 Å². The van der Waals surface area contributed by atoms with E-state index in [4.69, 9.17) is 14.7 Å². The van der Waals surface area contributed by atoms with Crippen LogP contribution >= 0.6 is 0 Å². The molecule has 1 aliphatic carbocycles. The summed E-state index contributed by atoms with van der Waals surface area (Å²) >= 11 is 0. The number of anilines is 1. The number of fused-ring (bicyclic) bond motifs is 1. The Hall–Kier alpha value is -2.48. The second-order valence-corrected chi connectivity index (χ2v) is 12.5. The van der Waals surface area contributed by atoms with Gasteiger partial charge >= 0.3 is 0 Å². The molecule has 7 heteroatoms. The van der Waals surface area contributed by atoms with Gasteiger partial charge in [0.1, 0.15) is 11.3 Å². The third-order valence-electron chi connectivity index (χ3n) is 9.57. The van der Waals surface area contributed by atoms with Crippen LogP contribution in [-0.4, -0.2) is 82.4 Å². The predicted molar refractivity (Wildman–Crippen MR) is 163 cm³/mol. The first-order chi connectivity index (χ1) is 19.6. The van der Waals surface area contributed by atoms with Gasteiger partial charge in [-0.25, -0.2) is 9.97 Å². The average molecular weight is 545 g/mol. The number of nitrogens with one attached hydrogen (secondary N) is 1. The zero-order valence-electron chi connectivity index (χ0n) is 24.9. The number of piperidine rings is 1. The van der Waals surface area contributed by atoms with Crippen molar-refractivity contribution >= 4 is 16.9 Å². The van der Waals surface area contributed by atoms with Gasteiger partial charge < -0.3 is 19.5 Å². The standard InChI is InChI=1S/C33H48N6O/c1-4-31-36-32-24(2)21-25(3)34-33(32)39(31)23-27-7-11-29(12-8-27)35-28-9-5-26(6-10-28)22-37-15-13-30(14-16-37)38-17-19-40-20-18-38/h7-8,11-12,21,26,28,30,35H,4-6,9-10,13-20,22-23H2,1-3H3. The molecule has 3 fully saturated rings. The number of hydrogen-bond acceptors (Lipinski definition) is 6. The van der Waals surface area contributed by atoms with Crippen LogP contribution in [0.5, 0.6) is 0 Å². The highest BCUT2D eigenvalue weighted by atomic mass is 16.5. The number of rotatable bonds is 8. The van der Waals surface area contributed by atoms with E-state index in [0.717, 1.165) is 73.9 Å². The molecule has 0 spiro atoms. The zero-order valence-corrected chi connectivity index (χ0v) is 24.9. The van der Waals surface area contributed by atoms with E-state index in [1.54, 1.807) is 0 Å². The molecule has 0 amide bonds. The van der Waals surface area contributed by atoms with E-state index < -0.39 is 0 Å². The van der Waals surface area contributed by atoms with Crippen LogP contribution in [0, 0.1) is 19.8 Å². The van der Waals surface area contributed by atoms with Gasteiger partial charge in [0, 0.05) is 49.5 Å². The quantitative estimate of drug-likeness (QED) is 0.408. The summed E-state index contributed by atoms with van der Waals surface area (Å²) in [4.78, 5) is 15.2. The van der Waals surface area contributed by atoms with E-state index in [1.165, 1.54) is 75.0 Å². The van der Waals surface area contributed by atoms with Gasteiger partial charge in [-0.2, -0.15) is 0 Å². The second kappa shape index (κ2) is 12.6. The maximum Gasteiger partial charge on any atom is 0.160 e. The highest BCUT2D eigenvalue weighted by Crippen LogP contribution is 2.29. The summed E-state index contributed by atoms with van der Waals surface area (Å²) in [5.41, 5.74) is 6.84. The first kappa shape index (κ1) is 27.7. The van der Waals surface area contributed by atoms with Gasteiger partial charge in [0.2, 0.25) is 0 Å². The first-order valence-electron chi connectivity index (χ1n) is 15.8. The maximum absolute atomic E-state index is 5.55. The number of morpholine rings is 1. The molecular weight excluding hydrogens is 496 g/mol. The molecule has 0 radical (unpaired) electrons. The van der Waals surface area contributed by atoms with Gasteiger partial charge in [-0.3, -0.25) is 4.90 Å². The molecule has 216 valence electrons. The fourth-order valence-electron chi connectivity index (χ4n) is 7.27. The van der Waals surface area contributed by atoms with Crippen molar-refractivity contribution < 1.29 is 4.74 Å². The average Bonchev–Trinajstić information content (AvgIpc) is 3.33. The minimum absolute atomic E-state index is 0.591. The molecule has 1 saturated carbocycles. The van der Waals surface area contributed by atoms with Crippen molar-refractivity contribution in [1.29, 1.82) is 0 Å². The summed E-state index contributed by atoms with van der Waals surface area (Å²) in [6.07, 6.45) is 8.82. The number of aryl methyl sites for hydroxylation is 3. The van der Waals surface area contributed by atoms with E-state index in [-0.39, 0.29) is 0 Å². The minimum Gasteiger partial charge on any atom is -0.382 e. The molecule has 2 saturated heterocycles. The fourth-order valence-corrected chi connectivity index (χ4v) is 7.27. The Morgan fingerprint density at radius 1 is 0.900 bits per heavy atom. The van der Waals surface area contributed by atoms with E-state index >= 15 is 0 Å². The van der Waals surface area contributed by atoms with Crippen molar-refractivity contribution in [3.63, 3.8) is 0 Å². The molecule has 1 N–H and O–H groups in total. The Bertz CT molecular complexity index is 1250. The van der Waals surface area contributed by atoms with Crippen LogP contribution in [0.25, 0.3) is 11.2 Å². The van der Waals surface area contributed by atoms with E-state index in [1.807, 2.05) is 0 Å². The number of pyridine rings is 1. The fraction of sp³-hybridized carbons (Fsp3) is 0.636. The summed E-state index contributed by atoms with van der Waals surface area (Å²) in [7, 11) is 0. The van der Waals surface area contributed by atoms with Gasteiger partial charge in [-0.15, -0.1) is 0 Å². The smallest absolute Gasteiger partial charge is 0.160 e. The third-order valence-corrected chi connectivity index (χ3v) is 9.57. The summed E-state index contributed by atoms with van der Waals surface area (Å²) < 4.78 is 7.84. The normalized spacial score (nSPS) is 23.6. The van der Waals surface area contributed by atoms with Crippen molar-refractivity contribution in [2.24, 2.45) is 5.92 Å². The van der Waals surface area contributed by atoms with Gasteiger partial charge in [0.15, 0.2) is 5.65 Å². The lowest BCUT2D eigenvalue weighted by molar-refractivity contribution is -0.000801. The molecular formula is C33H48N6O. The van der Waals surface area contributed by atoms with Crippen molar-refractivity contribution in [3.05, 3.63) is 53.0 Å². The summed E-state index contributed by atoms with van der Waals surface area (Å²) in [5, 5.41) is 3.84. The van der Waals surface area contributed by atoms with Gasteiger partial charge in [-0.05, 0) is 101 Å². The molecule has 3 aliphatic rings. The lowest BCUT2D eigenvalue weighted by atomic mass is 9.85. The minimum atomic E-state index is 0.591. The van der Waals surface area contributed by atoms with E-state index in [2.05, 4.69) is 70.8 Å². The molecule has 1 aromatic carbocycles. The first-order valence-corrected chi connectivity index (χ1v) is 15.8. The van der Waals surface area contributed by atoms with Crippen molar-refractivity contribution in [2.75, 3.05) is 51.3 Å². The van der Waals surface area contributed by atoms with Crippen LogP contribution < -0.4 is 5.32 Å². The monoisotopic (exact) mass is 544 g/mol. The molecule has 6 rings (SSSR count). The Morgan fingerprint density at radius 2 is 1.62 bits per heavy atom. The largest absolute Gasteiger partial charge is 0.382 e. The topological polar surface area (TPSA) is 58.5 Å². The Balaban J connectivity index is 0.970. The Morgan fingerprint density at radius 3 is 2.33 bits per heavy atom. The summed E-state index contributed by atoms with van der Waals surface area (Å²) in [5.74, 6) is 1.97. The summed E-state index contributed by atoms with van der Waals surface area (Å²) in [6.45, 7) is 15.1. The molecule has 3 aromatic rings. The number of imidazole rings is 1. The van der Waals surface area contributed by atoms with Gasteiger partial charge in [0.05, 0.1) is 19.8 Å². The van der Waals surface area contributed by atoms with Gasteiger partial charge in [-0.1, -0.05) is 19.1 Å². The molecule has 0 unspecified atom stereocenters. The van der Waals surface area contributed by atoms with Crippen LogP contribution in [0.15, 0.2) is 30.3 Å². The van der Waals surface area contributed by atoms with Crippen LogP contribution in [0.1, 0.15) is 68.1 Å². The SMILES string of the molecule is CCc1nc2c(C)cc(C)nc2n1Cc1ccc(NC2CCC(CN3CCC(N4CCOCC4)CC3)CC2)cc1. The third kappa shape index (κ3) is 6.37. The van der Waals surface area contributed by atoms with Crippen molar-refractivity contribution in [1.82, 2.24) is 24.3 Å². The maximum atomic E-state index is 5.55. The van der Waals surface area contributed by atoms with E-state index in [9.17, 15) is 0 Å². The number of likely N-dealkylation sites (tertiary alicyclic amines) is 1. The Kier molecular flexibility index (Phi) is 8.70. The molecule has 0 atom stereocenters. The zero-order chi connectivity index (χ0) is 27.5. The molecule has 7 nitrogen and oxygen atoms in total. The predicted octanol–water partition coefficient (Wildman–Crippen LogP) is 5.43. The lowest BCUT2D eigenvalue weighted by Gasteiger charge is -2.41. The van der Waals surface area contributed by atoms with Crippen molar-refractivity contribution in [2.45, 2.75) is 84.3 Å². The molecule has 2 aromatic heterocycles. The highest BCUT2D eigenvalue weighted by Gasteiger charge is 2.28. The molecule has 0 bridgehead atoms. The van der Waals surface area contributed by atoms with E-state index in [0.29, 0.717) is 6.04 Å². The number of hydrogen-bond donors (Lipinski definition) is 1. The lowest BCUT2D eigenvalue weighted by Crippen LogP contribution is -2.49. The number of ether oxygens (including phenoxy) is 1. The van der Waals surface area contributed by atoms with Crippen molar-refractivity contribution in [3.8, 4) is 0 Å². The highest BCUT2D eigenvalue weighted by molar-refractivity contribution is 5.76. The summed E-state index contributed by atoms with van der Waals surface area (Å²) in [6, 6.07) is 12.6. The molecule has 4 heterocycles. The number of aromatic nitrogens is 3. The van der Waals surface area contributed by atoms with Crippen LogP contribution in [0.4, 0.5) is 5.69 Å². The second-order valence-electron chi connectivity index (χ2n) is 12.5. The van der Waals surface area contributed by atoms with Crippen LogP contribution in [0.2, 0.25) is 0 Å². The number of benzene rings is 1. The Labute approximate surface area is 240 Å². The van der Waals surface area contributed by atoms with Crippen LogP contribution in [-0.2, 0) is 17.7 Å². The molecule has 2 aliphatic heterocycles. The van der Waals surface area contributed by atoms with Gasteiger partial charge in [0.25, 0.3) is 0 Å². The number of nitrogens with zero attached hydrogens (tertiary/aromatic N) is 5. The molecule has 40 heavy (non-hydrogen) atoms.